The Hall–Kier alpha value is -1.58. The minimum atomic E-state index is -4.51. The standard InChI is InChI=1S/C17H17F3IN3O/c1-9(21)24-12-6-5-10(7-11(12)23-15(24)17(18,19)20)14-22-8-13(25-14)16(2,3)4/h5-9H,1-4H3. The first-order chi connectivity index (χ1) is 11.5. The lowest BCUT2D eigenvalue weighted by Crippen LogP contribution is -2.15. The molecule has 25 heavy (non-hydrogen) atoms. The van der Waals surface area contributed by atoms with Gasteiger partial charge < -0.3 is 8.98 Å². The molecule has 1 unspecified atom stereocenters. The van der Waals surface area contributed by atoms with Crippen molar-refractivity contribution in [2.45, 2.75) is 43.3 Å². The molecule has 0 radical (unpaired) electrons. The third-order valence-corrected chi connectivity index (χ3v) is 4.35. The van der Waals surface area contributed by atoms with E-state index in [9.17, 15) is 13.2 Å². The predicted molar refractivity (Wildman–Crippen MR) is 97.7 cm³/mol. The summed E-state index contributed by atoms with van der Waals surface area (Å²) < 4.78 is 46.4. The lowest BCUT2D eigenvalue weighted by molar-refractivity contribution is -0.146. The van der Waals surface area contributed by atoms with Crippen LogP contribution in [0, 0.1) is 0 Å². The molecule has 2 aromatic heterocycles. The first-order valence-electron chi connectivity index (χ1n) is 7.68. The Balaban J connectivity index is 2.14. The molecule has 0 fully saturated rings. The summed E-state index contributed by atoms with van der Waals surface area (Å²) in [5, 5.41) is 0. The molecule has 0 N–H and O–H groups in total. The molecule has 0 amide bonds. The number of aromatic nitrogens is 3. The van der Waals surface area contributed by atoms with Gasteiger partial charge in [-0.05, 0) is 25.1 Å². The Bertz CT molecular complexity index is 919. The summed E-state index contributed by atoms with van der Waals surface area (Å²) in [6, 6.07) is 4.92. The van der Waals surface area contributed by atoms with E-state index in [0.29, 0.717) is 22.7 Å². The first-order valence-corrected chi connectivity index (χ1v) is 8.93. The Morgan fingerprint density at radius 1 is 1.20 bits per heavy atom. The maximum Gasteiger partial charge on any atom is 0.449 e. The van der Waals surface area contributed by atoms with E-state index < -0.39 is 12.0 Å². The third kappa shape index (κ3) is 3.40. The van der Waals surface area contributed by atoms with Crippen molar-refractivity contribution in [3.8, 4) is 11.5 Å². The number of hydrogen-bond donors (Lipinski definition) is 0. The molecule has 134 valence electrons. The van der Waals surface area contributed by atoms with Crippen LogP contribution in [0.3, 0.4) is 0 Å². The lowest BCUT2D eigenvalue weighted by atomic mass is 9.94. The normalized spacial score (nSPS) is 14.2. The van der Waals surface area contributed by atoms with Gasteiger partial charge in [0.2, 0.25) is 11.7 Å². The number of halogens is 4. The molecule has 3 rings (SSSR count). The molecule has 0 saturated heterocycles. The Kier molecular flexibility index (Phi) is 4.37. The number of alkyl halides is 4. The van der Waals surface area contributed by atoms with Crippen LogP contribution in [0.4, 0.5) is 13.2 Å². The Morgan fingerprint density at radius 3 is 2.40 bits per heavy atom. The second-order valence-electron chi connectivity index (χ2n) is 6.86. The fourth-order valence-electron chi connectivity index (χ4n) is 2.55. The zero-order valence-corrected chi connectivity index (χ0v) is 16.3. The third-order valence-electron chi connectivity index (χ3n) is 3.79. The molecular formula is C17H17F3IN3O. The van der Waals surface area contributed by atoms with E-state index in [0.717, 1.165) is 0 Å². The predicted octanol–water partition coefficient (Wildman–Crippen LogP) is 5.96. The van der Waals surface area contributed by atoms with E-state index in [4.69, 9.17) is 4.42 Å². The maximum atomic E-state index is 13.3. The van der Waals surface area contributed by atoms with Gasteiger partial charge in [-0.2, -0.15) is 13.2 Å². The number of oxazole rings is 1. The molecule has 4 nitrogen and oxygen atoms in total. The number of benzene rings is 1. The monoisotopic (exact) mass is 463 g/mol. The van der Waals surface area contributed by atoms with Crippen molar-refractivity contribution in [3.63, 3.8) is 0 Å². The van der Waals surface area contributed by atoms with E-state index in [1.807, 2.05) is 43.4 Å². The minimum Gasteiger partial charge on any atom is -0.441 e. The fourth-order valence-corrected chi connectivity index (χ4v) is 3.11. The molecule has 0 saturated carbocycles. The number of fused-ring (bicyclic) bond motifs is 1. The minimum absolute atomic E-state index is 0.197. The van der Waals surface area contributed by atoms with Gasteiger partial charge in [0.05, 0.1) is 21.3 Å². The summed E-state index contributed by atoms with van der Waals surface area (Å²) in [6.07, 6.45) is -2.87. The van der Waals surface area contributed by atoms with Crippen LogP contribution in [0.2, 0.25) is 0 Å². The largest absolute Gasteiger partial charge is 0.449 e. The SMILES string of the molecule is CC(I)n1c(C(F)(F)F)nc2cc(-c3ncc(C(C)(C)C)o3)ccc21. The quantitative estimate of drug-likeness (QED) is 0.348. The van der Waals surface area contributed by atoms with Crippen LogP contribution < -0.4 is 0 Å². The van der Waals surface area contributed by atoms with Gasteiger partial charge in [-0.15, -0.1) is 0 Å². The summed E-state index contributed by atoms with van der Waals surface area (Å²) in [5.41, 5.74) is 1.10. The molecule has 0 aliphatic rings. The van der Waals surface area contributed by atoms with E-state index in [1.165, 1.54) is 4.57 Å². The summed E-state index contributed by atoms with van der Waals surface area (Å²) in [6.45, 7) is 7.69. The highest BCUT2D eigenvalue weighted by molar-refractivity contribution is 14.1. The maximum absolute atomic E-state index is 13.3. The van der Waals surface area contributed by atoms with Gasteiger partial charge in [0.25, 0.3) is 0 Å². The van der Waals surface area contributed by atoms with Crippen molar-refractivity contribution in [1.82, 2.24) is 14.5 Å². The molecule has 1 aromatic carbocycles. The van der Waals surface area contributed by atoms with Gasteiger partial charge in [0, 0.05) is 11.0 Å². The fraction of sp³-hybridized carbons (Fsp3) is 0.412. The van der Waals surface area contributed by atoms with E-state index in [-0.39, 0.29) is 15.0 Å². The van der Waals surface area contributed by atoms with Crippen LogP contribution in [-0.2, 0) is 11.6 Å². The van der Waals surface area contributed by atoms with Crippen molar-refractivity contribution >= 4 is 33.6 Å². The number of imidazole rings is 1. The summed E-state index contributed by atoms with van der Waals surface area (Å²) in [5.74, 6) is 0.187. The molecule has 0 aliphatic heterocycles. The van der Waals surface area contributed by atoms with E-state index in [1.54, 1.807) is 31.3 Å². The van der Waals surface area contributed by atoms with Crippen LogP contribution in [0.5, 0.6) is 0 Å². The van der Waals surface area contributed by atoms with Crippen molar-refractivity contribution in [1.29, 1.82) is 0 Å². The van der Waals surface area contributed by atoms with Crippen LogP contribution in [0.1, 0.15) is 43.3 Å². The average molecular weight is 463 g/mol. The Morgan fingerprint density at radius 2 is 1.88 bits per heavy atom. The molecule has 3 aromatic rings. The van der Waals surface area contributed by atoms with Crippen LogP contribution >= 0.6 is 22.6 Å². The van der Waals surface area contributed by atoms with Gasteiger partial charge in [-0.25, -0.2) is 9.97 Å². The number of rotatable bonds is 2. The van der Waals surface area contributed by atoms with Crippen LogP contribution in [0.25, 0.3) is 22.5 Å². The van der Waals surface area contributed by atoms with Gasteiger partial charge in [-0.1, -0.05) is 43.4 Å². The molecule has 0 bridgehead atoms. The second kappa shape index (κ2) is 6.00. The van der Waals surface area contributed by atoms with Gasteiger partial charge in [0.15, 0.2) is 0 Å². The van der Waals surface area contributed by atoms with Gasteiger partial charge in [-0.3, -0.25) is 0 Å². The smallest absolute Gasteiger partial charge is 0.441 e. The van der Waals surface area contributed by atoms with E-state index >= 15 is 0 Å². The Labute approximate surface area is 156 Å². The molecule has 0 aliphatic carbocycles. The van der Waals surface area contributed by atoms with E-state index in [2.05, 4.69) is 9.97 Å². The summed E-state index contributed by atoms with van der Waals surface area (Å²) in [7, 11) is 0. The highest BCUT2D eigenvalue weighted by atomic mass is 127. The van der Waals surface area contributed by atoms with Crippen molar-refractivity contribution in [2.75, 3.05) is 0 Å². The first kappa shape index (κ1) is 18.2. The van der Waals surface area contributed by atoms with Crippen molar-refractivity contribution in [2.24, 2.45) is 0 Å². The second-order valence-corrected chi connectivity index (χ2v) is 8.66. The zero-order chi connectivity index (χ0) is 18.6. The molecule has 8 heteroatoms. The zero-order valence-electron chi connectivity index (χ0n) is 14.1. The average Bonchev–Trinajstić information content (AvgIpc) is 3.10. The van der Waals surface area contributed by atoms with Crippen LogP contribution in [0.15, 0.2) is 28.8 Å². The van der Waals surface area contributed by atoms with Crippen molar-refractivity contribution < 1.29 is 17.6 Å². The number of hydrogen-bond acceptors (Lipinski definition) is 3. The summed E-state index contributed by atoms with van der Waals surface area (Å²) >= 11 is 1.94. The molecule has 2 heterocycles. The highest BCUT2D eigenvalue weighted by Crippen LogP contribution is 2.36. The molecule has 0 spiro atoms. The van der Waals surface area contributed by atoms with Gasteiger partial charge in [0.1, 0.15) is 5.76 Å². The molecule has 1 atom stereocenters. The number of nitrogens with zero attached hydrogens (tertiary/aromatic N) is 3. The topological polar surface area (TPSA) is 43.9 Å². The molecular weight excluding hydrogens is 446 g/mol. The summed E-state index contributed by atoms with van der Waals surface area (Å²) in [4.78, 5) is 8.06. The van der Waals surface area contributed by atoms with Gasteiger partial charge >= 0.3 is 6.18 Å². The van der Waals surface area contributed by atoms with Crippen LogP contribution in [-0.4, -0.2) is 14.5 Å². The van der Waals surface area contributed by atoms with Crippen molar-refractivity contribution in [3.05, 3.63) is 36.0 Å². The highest BCUT2D eigenvalue weighted by Gasteiger charge is 2.38. The lowest BCUT2D eigenvalue weighted by Gasteiger charge is -2.13.